The lowest BCUT2D eigenvalue weighted by molar-refractivity contribution is -0.385. The summed E-state index contributed by atoms with van der Waals surface area (Å²) >= 11 is 0. The van der Waals surface area contributed by atoms with Crippen LogP contribution in [0.3, 0.4) is 0 Å². The molecule has 6 heteroatoms. The number of nitrogens with one attached hydrogen (secondary N) is 1. The van der Waals surface area contributed by atoms with E-state index in [4.69, 9.17) is 5.73 Å². The molecule has 1 aromatic rings. The fourth-order valence-electron chi connectivity index (χ4n) is 1.52. The third-order valence-corrected chi connectivity index (χ3v) is 2.86. The number of rotatable bonds is 4. The molecule has 0 unspecified atom stereocenters. The van der Waals surface area contributed by atoms with Crippen LogP contribution in [0.25, 0.3) is 0 Å². The summed E-state index contributed by atoms with van der Waals surface area (Å²) in [5.74, 6) is -0.314. The molecule has 0 aliphatic heterocycles. The minimum absolute atomic E-state index is 0.00729. The summed E-state index contributed by atoms with van der Waals surface area (Å²) in [6.07, 6.45) is 0. The van der Waals surface area contributed by atoms with Gasteiger partial charge in [-0.3, -0.25) is 14.9 Å². The molecule has 0 saturated heterocycles. The Morgan fingerprint density at radius 3 is 2.53 bits per heavy atom. The molecule has 0 heterocycles. The van der Waals surface area contributed by atoms with Gasteiger partial charge in [0.1, 0.15) is 0 Å². The number of carbonyl (C=O) groups excluding carboxylic acids is 1. The van der Waals surface area contributed by atoms with Crippen LogP contribution >= 0.6 is 0 Å². The Labute approximate surface area is 112 Å². The number of benzene rings is 1. The maximum atomic E-state index is 11.8. The molecule has 1 rings (SSSR count). The largest absolute Gasteiger partial charge is 0.350 e. The van der Waals surface area contributed by atoms with Crippen molar-refractivity contribution in [1.29, 1.82) is 0 Å². The van der Waals surface area contributed by atoms with Crippen molar-refractivity contribution in [3.63, 3.8) is 0 Å². The molecule has 3 N–H and O–H groups in total. The van der Waals surface area contributed by atoms with Gasteiger partial charge < -0.3 is 11.1 Å². The highest BCUT2D eigenvalue weighted by Crippen LogP contribution is 2.19. The summed E-state index contributed by atoms with van der Waals surface area (Å²) in [5.41, 5.74) is 5.91. The summed E-state index contributed by atoms with van der Waals surface area (Å²) < 4.78 is 0. The number of para-hydroxylation sites is 1. The number of nitrogens with two attached hydrogens (primary N) is 1. The van der Waals surface area contributed by atoms with E-state index in [-0.39, 0.29) is 23.6 Å². The van der Waals surface area contributed by atoms with Crippen LogP contribution in [0.2, 0.25) is 0 Å². The van der Waals surface area contributed by atoms with Crippen molar-refractivity contribution in [1.82, 2.24) is 5.32 Å². The van der Waals surface area contributed by atoms with Crippen molar-refractivity contribution in [3.05, 3.63) is 39.9 Å². The Hall–Kier alpha value is -1.95. The molecule has 19 heavy (non-hydrogen) atoms. The van der Waals surface area contributed by atoms with Gasteiger partial charge in [0.15, 0.2) is 0 Å². The highest BCUT2D eigenvalue weighted by molar-refractivity contribution is 5.82. The topological polar surface area (TPSA) is 98.3 Å². The van der Waals surface area contributed by atoms with Gasteiger partial charge in [0.05, 0.1) is 11.0 Å². The Bertz CT molecular complexity index is 480. The first-order valence-corrected chi connectivity index (χ1v) is 5.99. The van der Waals surface area contributed by atoms with Gasteiger partial charge in [0, 0.05) is 18.2 Å². The van der Waals surface area contributed by atoms with Gasteiger partial charge in [-0.05, 0) is 5.41 Å². The quantitative estimate of drug-likeness (QED) is 0.638. The van der Waals surface area contributed by atoms with Gasteiger partial charge in [-0.25, -0.2) is 0 Å². The number of carbonyl (C=O) groups is 1. The van der Waals surface area contributed by atoms with Crippen molar-refractivity contribution in [2.45, 2.75) is 33.4 Å². The molecule has 0 saturated carbocycles. The Morgan fingerprint density at radius 1 is 1.42 bits per heavy atom. The van der Waals surface area contributed by atoms with Crippen molar-refractivity contribution in [2.75, 3.05) is 0 Å². The molecule has 6 nitrogen and oxygen atoms in total. The van der Waals surface area contributed by atoms with E-state index >= 15 is 0 Å². The van der Waals surface area contributed by atoms with E-state index in [0.717, 1.165) is 0 Å². The van der Waals surface area contributed by atoms with E-state index in [0.29, 0.717) is 5.56 Å². The number of nitro benzene ring substituents is 1. The lowest BCUT2D eigenvalue weighted by Gasteiger charge is -2.25. The second-order valence-electron chi connectivity index (χ2n) is 5.45. The number of amides is 1. The molecule has 1 aromatic carbocycles. The molecule has 104 valence electrons. The molecule has 0 aliphatic carbocycles. The van der Waals surface area contributed by atoms with E-state index < -0.39 is 11.0 Å². The summed E-state index contributed by atoms with van der Waals surface area (Å²) in [4.78, 5) is 22.2. The summed E-state index contributed by atoms with van der Waals surface area (Å²) in [6.45, 7) is 5.69. The van der Waals surface area contributed by atoms with Crippen molar-refractivity contribution >= 4 is 11.6 Å². The predicted octanol–water partition coefficient (Wildman–Crippen LogP) is 1.58. The molecule has 0 aromatic heterocycles. The average Bonchev–Trinajstić information content (AvgIpc) is 2.34. The monoisotopic (exact) mass is 265 g/mol. The second-order valence-corrected chi connectivity index (χ2v) is 5.45. The highest BCUT2D eigenvalue weighted by Gasteiger charge is 2.27. The normalized spacial score (nSPS) is 12.8. The van der Waals surface area contributed by atoms with E-state index in [1.807, 2.05) is 20.8 Å². The number of hydrogen-bond donors (Lipinski definition) is 2. The van der Waals surface area contributed by atoms with Crippen molar-refractivity contribution < 1.29 is 9.72 Å². The molecule has 1 amide bonds. The maximum Gasteiger partial charge on any atom is 0.274 e. The number of nitrogens with zero attached hydrogens (tertiary/aromatic N) is 1. The van der Waals surface area contributed by atoms with Gasteiger partial charge in [0.25, 0.3) is 5.69 Å². The zero-order valence-electron chi connectivity index (χ0n) is 11.3. The lowest BCUT2D eigenvalue weighted by atomic mass is 9.87. The van der Waals surface area contributed by atoms with Crippen LogP contribution in [0.1, 0.15) is 26.3 Å². The lowest BCUT2D eigenvalue weighted by Crippen LogP contribution is -2.48. The zero-order chi connectivity index (χ0) is 14.6. The maximum absolute atomic E-state index is 11.8. The number of hydrogen-bond acceptors (Lipinski definition) is 4. The molecule has 0 fully saturated rings. The molecule has 0 aliphatic rings. The highest BCUT2D eigenvalue weighted by atomic mass is 16.6. The average molecular weight is 265 g/mol. The summed E-state index contributed by atoms with van der Waals surface area (Å²) in [6, 6.07) is 5.64. The van der Waals surface area contributed by atoms with Gasteiger partial charge in [-0.2, -0.15) is 0 Å². The molecular weight excluding hydrogens is 246 g/mol. The fourth-order valence-corrected chi connectivity index (χ4v) is 1.52. The summed E-state index contributed by atoms with van der Waals surface area (Å²) in [5, 5.41) is 13.5. The number of nitro groups is 1. The molecule has 1 atom stereocenters. The van der Waals surface area contributed by atoms with Crippen LogP contribution in [-0.2, 0) is 11.3 Å². The van der Waals surface area contributed by atoms with E-state index in [2.05, 4.69) is 5.32 Å². The minimum Gasteiger partial charge on any atom is -0.350 e. The van der Waals surface area contributed by atoms with E-state index in [1.165, 1.54) is 6.07 Å². The Balaban J connectivity index is 2.73. The van der Waals surface area contributed by atoms with Crippen LogP contribution in [0, 0.1) is 15.5 Å². The second kappa shape index (κ2) is 5.79. The molecule has 0 bridgehead atoms. The first-order valence-electron chi connectivity index (χ1n) is 5.99. The van der Waals surface area contributed by atoms with E-state index in [1.54, 1.807) is 18.2 Å². The first kappa shape index (κ1) is 15.1. The zero-order valence-corrected chi connectivity index (χ0v) is 11.3. The third kappa shape index (κ3) is 4.03. The van der Waals surface area contributed by atoms with E-state index in [9.17, 15) is 14.9 Å². The van der Waals surface area contributed by atoms with Crippen molar-refractivity contribution in [2.24, 2.45) is 11.1 Å². The van der Waals surface area contributed by atoms with Gasteiger partial charge in [0.2, 0.25) is 5.91 Å². The SMILES string of the molecule is CC(C)(C)[C@H](N)C(=O)NCc1ccccc1[N+](=O)[O-]. The predicted molar refractivity (Wildman–Crippen MR) is 72.4 cm³/mol. The van der Waals surface area contributed by atoms with Crippen LogP contribution in [0.15, 0.2) is 24.3 Å². The minimum atomic E-state index is -0.657. The Kier molecular flexibility index (Phi) is 4.61. The van der Waals surface area contributed by atoms with Crippen LogP contribution < -0.4 is 11.1 Å². The fraction of sp³-hybridized carbons (Fsp3) is 0.462. The molecular formula is C13H19N3O3. The van der Waals surface area contributed by atoms with Crippen LogP contribution in [0.5, 0.6) is 0 Å². The summed E-state index contributed by atoms with van der Waals surface area (Å²) in [7, 11) is 0. The van der Waals surface area contributed by atoms with Crippen LogP contribution in [-0.4, -0.2) is 16.9 Å². The van der Waals surface area contributed by atoms with Gasteiger partial charge in [-0.1, -0.05) is 39.0 Å². The third-order valence-electron chi connectivity index (χ3n) is 2.86. The van der Waals surface area contributed by atoms with Crippen molar-refractivity contribution in [3.8, 4) is 0 Å². The Morgan fingerprint density at radius 2 is 2.00 bits per heavy atom. The smallest absolute Gasteiger partial charge is 0.274 e. The first-order chi connectivity index (χ1) is 8.73. The van der Waals surface area contributed by atoms with Gasteiger partial charge >= 0.3 is 0 Å². The molecule has 0 radical (unpaired) electrons. The standard InChI is InChI=1S/C13H19N3O3/c1-13(2,3)11(14)12(17)15-8-9-6-4-5-7-10(9)16(18)19/h4-7,11H,8,14H2,1-3H3,(H,15,17)/t11-/m1/s1. The van der Waals surface area contributed by atoms with Gasteiger partial charge in [-0.15, -0.1) is 0 Å². The van der Waals surface area contributed by atoms with Crippen LogP contribution in [0.4, 0.5) is 5.69 Å². The molecule has 0 spiro atoms.